The number of thioether (sulfide) groups is 1. The zero-order valence-corrected chi connectivity index (χ0v) is 7.87. The van der Waals surface area contributed by atoms with Gasteiger partial charge in [-0.1, -0.05) is 0 Å². The van der Waals surface area contributed by atoms with Gasteiger partial charge in [0.15, 0.2) is 0 Å². The average molecular weight is 196 g/mol. The van der Waals surface area contributed by atoms with Crippen molar-refractivity contribution in [2.24, 2.45) is 0 Å². The molecule has 0 N–H and O–H groups in total. The number of aromatic nitrogens is 2. The predicted molar refractivity (Wildman–Crippen MR) is 49.2 cm³/mol. The van der Waals surface area contributed by atoms with E-state index in [1.807, 2.05) is 6.26 Å². The van der Waals surface area contributed by atoms with Gasteiger partial charge in [0.2, 0.25) is 5.89 Å². The van der Waals surface area contributed by atoms with E-state index in [-0.39, 0.29) is 0 Å². The van der Waals surface area contributed by atoms with E-state index in [0.29, 0.717) is 11.8 Å². The lowest BCUT2D eigenvalue weighted by molar-refractivity contribution is 0.525. The summed E-state index contributed by atoms with van der Waals surface area (Å²) < 4.78 is 10.3. The highest BCUT2D eigenvalue weighted by molar-refractivity contribution is 7.97. The van der Waals surface area contributed by atoms with E-state index >= 15 is 0 Å². The topological polar surface area (TPSA) is 52.1 Å². The monoisotopic (exact) mass is 196 g/mol. The summed E-state index contributed by atoms with van der Waals surface area (Å²) in [6.45, 7) is 0. The molecule has 13 heavy (non-hydrogen) atoms. The Kier molecular flexibility index (Phi) is 2.35. The first-order chi connectivity index (χ1) is 6.40. The second kappa shape index (κ2) is 3.66. The van der Waals surface area contributed by atoms with Gasteiger partial charge in [0, 0.05) is 0 Å². The maximum absolute atomic E-state index is 5.37. The first-order valence-electron chi connectivity index (χ1n) is 3.74. The van der Waals surface area contributed by atoms with Crippen LogP contribution in [0.25, 0.3) is 11.5 Å². The Bertz CT molecular complexity index is 369. The molecule has 0 atom stereocenters. The molecule has 2 rings (SSSR count). The van der Waals surface area contributed by atoms with E-state index in [1.54, 1.807) is 30.4 Å². The van der Waals surface area contributed by atoms with Crippen LogP contribution in [-0.2, 0) is 5.75 Å². The second-order valence-corrected chi connectivity index (χ2v) is 3.31. The molecule has 0 spiro atoms. The van der Waals surface area contributed by atoms with Crippen molar-refractivity contribution >= 4 is 11.8 Å². The van der Waals surface area contributed by atoms with Gasteiger partial charge in [0.25, 0.3) is 5.89 Å². The van der Waals surface area contributed by atoms with Crippen molar-refractivity contribution in [3.63, 3.8) is 0 Å². The molecule has 0 saturated carbocycles. The third kappa shape index (κ3) is 1.75. The minimum atomic E-state index is 0.512. The maximum Gasteiger partial charge on any atom is 0.251 e. The van der Waals surface area contributed by atoms with Crippen molar-refractivity contribution in [3.8, 4) is 11.5 Å². The molecule has 0 aliphatic heterocycles. The van der Waals surface area contributed by atoms with Crippen molar-refractivity contribution in [1.29, 1.82) is 0 Å². The molecule has 0 aliphatic rings. The Morgan fingerprint density at radius 1 is 1.46 bits per heavy atom. The van der Waals surface area contributed by atoms with Crippen LogP contribution in [0.1, 0.15) is 5.89 Å². The number of hydrogen-bond acceptors (Lipinski definition) is 5. The third-order valence-electron chi connectivity index (χ3n) is 1.50. The Morgan fingerprint density at radius 2 is 2.38 bits per heavy atom. The number of hydrogen-bond donors (Lipinski definition) is 0. The highest BCUT2D eigenvalue weighted by atomic mass is 32.2. The molecule has 2 aromatic rings. The molecule has 0 fully saturated rings. The van der Waals surface area contributed by atoms with Crippen LogP contribution < -0.4 is 0 Å². The first-order valence-corrected chi connectivity index (χ1v) is 5.13. The van der Waals surface area contributed by atoms with Gasteiger partial charge in [-0.05, 0) is 12.3 Å². The summed E-state index contributed by atoms with van der Waals surface area (Å²) in [6.07, 6.45) is 5.14. The molecule has 0 aromatic carbocycles. The lowest BCUT2D eigenvalue weighted by Gasteiger charge is -1.86. The first kappa shape index (κ1) is 8.37. The standard InChI is InChI=1S/C8H8N2O2S/c1-13-5-7-9-10-8(12-7)6-2-3-11-4-6/h2-4H,5H2,1H3. The van der Waals surface area contributed by atoms with Gasteiger partial charge >= 0.3 is 0 Å². The summed E-state index contributed by atoms with van der Waals surface area (Å²) in [7, 11) is 0. The smallest absolute Gasteiger partial charge is 0.251 e. The summed E-state index contributed by atoms with van der Waals surface area (Å²) in [6, 6.07) is 1.79. The van der Waals surface area contributed by atoms with Gasteiger partial charge < -0.3 is 8.83 Å². The Balaban J connectivity index is 2.23. The highest BCUT2D eigenvalue weighted by Crippen LogP contribution is 2.19. The van der Waals surface area contributed by atoms with Crippen molar-refractivity contribution in [3.05, 3.63) is 24.5 Å². The lowest BCUT2D eigenvalue weighted by atomic mass is 10.3. The quantitative estimate of drug-likeness (QED) is 0.753. The summed E-state index contributed by atoms with van der Waals surface area (Å²) in [4.78, 5) is 0. The zero-order valence-electron chi connectivity index (χ0n) is 7.06. The normalized spacial score (nSPS) is 10.5. The van der Waals surface area contributed by atoms with E-state index < -0.39 is 0 Å². The van der Waals surface area contributed by atoms with Gasteiger partial charge in [0.1, 0.15) is 6.26 Å². The number of nitrogens with zero attached hydrogens (tertiary/aromatic N) is 2. The molecular weight excluding hydrogens is 188 g/mol. The SMILES string of the molecule is CSCc1nnc(-c2ccoc2)o1. The number of furan rings is 1. The van der Waals surface area contributed by atoms with Crippen LogP contribution in [-0.4, -0.2) is 16.5 Å². The molecule has 0 radical (unpaired) electrons. The second-order valence-electron chi connectivity index (χ2n) is 2.45. The molecule has 0 unspecified atom stereocenters. The predicted octanol–water partition coefficient (Wildman–Crippen LogP) is 2.19. The van der Waals surface area contributed by atoms with Crippen LogP contribution in [0.3, 0.4) is 0 Å². The van der Waals surface area contributed by atoms with Crippen LogP contribution in [0, 0.1) is 0 Å². The molecule has 4 nitrogen and oxygen atoms in total. The van der Waals surface area contributed by atoms with Crippen molar-refractivity contribution < 1.29 is 8.83 Å². The fourth-order valence-electron chi connectivity index (χ4n) is 0.938. The van der Waals surface area contributed by atoms with Crippen molar-refractivity contribution in [2.75, 3.05) is 6.26 Å². The van der Waals surface area contributed by atoms with Crippen LogP contribution in [0.5, 0.6) is 0 Å². The highest BCUT2D eigenvalue weighted by Gasteiger charge is 2.08. The minimum absolute atomic E-state index is 0.512. The van der Waals surface area contributed by atoms with Crippen LogP contribution in [0.4, 0.5) is 0 Å². The molecule has 0 aliphatic carbocycles. The van der Waals surface area contributed by atoms with Gasteiger partial charge in [-0.3, -0.25) is 0 Å². The molecule has 0 saturated heterocycles. The Morgan fingerprint density at radius 3 is 3.08 bits per heavy atom. The maximum atomic E-state index is 5.37. The minimum Gasteiger partial charge on any atom is -0.472 e. The largest absolute Gasteiger partial charge is 0.472 e. The average Bonchev–Trinajstić information content (AvgIpc) is 2.70. The van der Waals surface area contributed by atoms with Crippen LogP contribution in [0.15, 0.2) is 27.4 Å². The van der Waals surface area contributed by atoms with E-state index in [9.17, 15) is 0 Å². The van der Waals surface area contributed by atoms with Gasteiger partial charge in [-0.25, -0.2) is 0 Å². The molecular formula is C8H8N2O2S. The molecule has 68 valence electrons. The van der Waals surface area contributed by atoms with Gasteiger partial charge in [0.05, 0.1) is 17.6 Å². The van der Waals surface area contributed by atoms with Crippen LogP contribution >= 0.6 is 11.8 Å². The third-order valence-corrected chi connectivity index (χ3v) is 2.04. The summed E-state index contributed by atoms with van der Waals surface area (Å²) in [5.74, 6) is 1.90. The van der Waals surface area contributed by atoms with Crippen molar-refractivity contribution in [2.45, 2.75) is 5.75 Å². The van der Waals surface area contributed by atoms with E-state index in [4.69, 9.17) is 8.83 Å². The van der Waals surface area contributed by atoms with Gasteiger partial charge in [-0.2, -0.15) is 11.8 Å². The van der Waals surface area contributed by atoms with Crippen molar-refractivity contribution in [1.82, 2.24) is 10.2 Å². The lowest BCUT2D eigenvalue weighted by Crippen LogP contribution is -1.77. The number of rotatable bonds is 3. The molecule has 2 aromatic heterocycles. The molecule has 2 heterocycles. The Labute approximate surface area is 79.3 Å². The molecule has 5 heteroatoms. The Hall–Kier alpha value is -1.23. The fourth-order valence-corrected chi connectivity index (χ4v) is 1.30. The van der Waals surface area contributed by atoms with Crippen LogP contribution in [0.2, 0.25) is 0 Å². The summed E-state index contributed by atoms with van der Waals surface area (Å²) in [5, 5.41) is 7.77. The van der Waals surface area contributed by atoms with E-state index in [0.717, 1.165) is 11.3 Å². The molecule has 0 bridgehead atoms. The fraction of sp³-hybridized carbons (Fsp3) is 0.250. The van der Waals surface area contributed by atoms with Gasteiger partial charge in [-0.15, -0.1) is 10.2 Å². The van der Waals surface area contributed by atoms with E-state index in [2.05, 4.69) is 10.2 Å². The zero-order chi connectivity index (χ0) is 9.10. The summed E-state index contributed by atoms with van der Waals surface area (Å²) in [5.41, 5.74) is 0.819. The summed E-state index contributed by atoms with van der Waals surface area (Å²) >= 11 is 1.65. The molecule has 0 amide bonds. The van der Waals surface area contributed by atoms with E-state index in [1.165, 1.54) is 0 Å².